The molecule has 1 saturated carbocycles. The topological polar surface area (TPSA) is 55.1 Å². The number of carbonyl (C=O) groups is 1. The van der Waals surface area contributed by atoms with Gasteiger partial charge in [0.05, 0.1) is 5.25 Å². The highest BCUT2D eigenvalue weighted by Crippen LogP contribution is 2.25. The molecule has 0 aromatic heterocycles. The van der Waals surface area contributed by atoms with Gasteiger partial charge in [-0.05, 0) is 37.0 Å². The summed E-state index contributed by atoms with van der Waals surface area (Å²) in [4.78, 5) is 12.3. The molecule has 0 saturated heterocycles. The smallest absolute Gasteiger partial charge is 0.230 e. The molecule has 1 fully saturated rings. The SMILES string of the molecule is CCC(Sc1ccc(CNC2CC2)cc1)C(N)=O. The average molecular weight is 264 g/mol. The molecule has 1 aliphatic carbocycles. The molecule has 1 aliphatic rings. The first-order valence-electron chi connectivity index (χ1n) is 6.47. The van der Waals surface area contributed by atoms with Crippen LogP contribution < -0.4 is 11.1 Å². The Balaban J connectivity index is 1.87. The molecule has 1 atom stereocenters. The zero-order valence-electron chi connectivity index (χ0n) is 10.7. The molecule has 4 heteroatoms. The lowest BCUT2D eigenvalue weighted by Crippen LogP contribution is -2.24. The van der Waals surface area contributed by atoms with E-state index in [1.54, 1.807) is 11.8 Å². The predicted molar refractivity (Wildman–Crippen MR) is 75.4 cm³/mol. The molecular weight excluding hydrogens is 244 g/mol. The van der Waals surface area contributed by atoms with Crippen molar-refractivity contribution in [3.05, 3.63) is 29.8 Å². The molecule has 1 unspecified atom stereocenters. The molecule has 0 radical (unpaired) electrons. The maximum absolute atomic E-state index is 11.2. The molecule has 1 aromatic carbocycles. The number of rotatable bonds is 7. The Labute approximate surface area is 113 Å². The van der Waals surface area contributed by atoms with Crippen LogP contribution in [0.4, 0.5) is 0 Å². The van der Waals surface area contributed by atoms with Gasteiger partial charge in [0.15, 0.2) is 0 Å². The van der Waals surface area contributed by atoms with E-state index < -0.39 is 0 Å². The normalized spacial score (nSPS) is 16.5. The second kappa shape index (κ2) is 6.25. The van der Waals surface area contributed by atoms with Gasteiger partial charge in [0.2, 0.25) is 5.91 Å². The van der Waals surface area contributed by atoms with Crippen molar-refractivity contribution in [2.45, 2.75) is 48.9 Å². The number of benzene rings is 1. The molecule has 0 bridgehead atoms. The van der Waals surface area contributed by atoms with Crippen LogP contribution in [0.3, 0.4) is 0 Å². The lowest BCUT2D eigenvalue weighted by atomic mass is 10.2. The van der Waals surface area contributed by atoms with Crippen molar-refractivity contribution in [1.29, 1.82) is 0 Å². The van der Waals surface area contributed by atoms with Crippen LogP contribution in [0.1, 0.15) is 31.7 Å². The molecule has 0 spiro atoms. The van der Waals surface area contributed by atoms with Gasteiger partial charge < -0.3 is 11.1 Å². The highest BCUT2D eigenvalue weighted by molar-refractivity contribution is 8.00. The Morgan fingerprint density at radius 3 is 2.61 bits per heavy atom. The van der Waals surface area contributed by atoms with Crippen molar-refractivity contribution in [1.82, 2.24) is 5.32 Å². The van der Waals surface area contributed by atoms with E-state index >= 15 is 0 Å². The zero-order valence-corrected chi connectivity index (χ0v) is 11.5. The second-order valence-corrected chi connectivity index (χ2v) is 5.99. The summed E-state index contributed by atoms with van der Waals surface area (Å²) in [5, 5.41) is 3.36. The molecule has 18 heavy (non-hydrogen) atoms. The number of nitrogens with one attached hydrogen (secondary N) is 1. The van der Waals surface area contributed by atoms with E-state index in [-0.39, 0.29) is 11.2 Å². The molecule has 1 amide bonds. The van der Waals surface area contributed by atoms with E-state index in [9.17, 15) is 4.79 Å². The number of primary amides is 1. The van der Waals surface area contributed by atoms with Crippen molar-refractivity contribution < 1.29 is 4.79 Å². The minimum atomic E-state index is -0.234. The van der Waals surface area contributed by atoms with Crippen LogP contribution in [0.25, 0.3) is 0 Å². The maximum atomic E-state index is 11.2. The summed E-state index contributed by atoms with van der Waals surface area (Å²) in [5.74, 6) is -0.234. The first-order chi connectivity index (χ1) is 8.69. The standard InChI is InChI=1S/C14H20N2OS/c1-2-13(14(15)17)18-12-7-3-10(4-8-12)9-16-11-5-6-11/h3-4,7-8,11,13,16H,2,5-6,9H2,1H3,(H2,15,17). The number of thioether (sulfide) groups is 1. The highest BCUT2D eigenvalue weighted by atomic mass is 32.2. The van der Waals surface area contributed by atoms with Gasteiger partial charge in [0.25, 0.3) is 0 Å². The highest BCUT2D eigenvalue weighted by Gasteiger charge is 2.19. The van der Waals surface area contributed by atoms with Crippen molar-refractivity contribution >= 4 is 17.7 Å². The minimum Gasteiger partial charge on any atom is -0.369 e. The molecule has 3 N–H and O–H groups in total. The monoisotopic (exact) mass is 264 g/mol. The third kappa shape index (κ3) is 4.03. The fourth-order valence-electron chi connectivity index (χ4n) is 1.74. The summed E-state index contributed by atoms with van der Waals surface area (Å²) < 4.78 is 0. The van der Waals surface area contributed by atoms with Crippen LogP contribution in [0.15, 0.2) is 29.2 Å². The number of amides is 1. The molecular formula is C14H20N2OS. The third-order valence-electron chi connectivity index (χ3n) is 3.06. The Bertz CT molecular complexity index is 401. The Hall–Kier alpha value is -1.00. The van der Waals surface area contributed by atoms with Crippen LogP contribution in [0.5, 0.6) is 0 Å². The lowest BCUT2D eigenvalue weighted by Gasteiger charge is -2.10. The van der Waals surface area contributed by atoms with Crippen LogP contribution in [0, 0.1) is 0 Å². The summed E-state index contributed by atoms with van der Waals surface area (Å²) in [6, 6.07) is 9.11. The first-order valence-corrected chi connectivity index (χ1v) is 7.35. The molecule has 1 aromatic rings. The molecule has 0 heterocycles. The number of hydrogen-bond donors (Lipinski definition) is 2. The van der Waals surface area contributed by atoms with Gasteiger partial charge in [0.1, 0.15) is 0 Å². The Morgan fingerprint density at radius 1 is 1.44 bits per heavy atom. The van der Waals surface area contributed by atoms with E-state index in [2.05, 4.69) is 29.6 Å². The lowest BCUT2D eigenvalue weighted by molar-refractivity contribution is -0.117. The van der Waals surface area contributed by atoms with E-state index in [1.807, 2.05) is 6.92 Å². The largest absolute Gasteiger partial charge is 0.369 e. The summed E-state index contributed by atoms with van der Waals surface area (Å²) in [6.07, 6.45) is 3.39. The quantitative estimate of drug-likeness (QED) is 0.743. The minimum absolute atomic E-state index is 0.125. The molecule has 2 rings (SSSR count). The Morgan fingerprint density at radius 2 is 2.11 bits per heavy atom. The summed E-state index contributed by atoms with van der Waals surface area (Å²) >= 11 is 1.55. The van der Waals surface area contributed by atoms with Crippen LogP contribution in [-0.4, -0.2) is 17.2 Å². The van der Waals surface area contributed by atoms with Gasteiger partial charge in [0, 0.05) is 17.5 Å². The summed E-state index contributed by atoms with van der Waals surface area (Å²) in [6.45, 7) is 2.92. The van der Waals surface area contributed by atoms with Gasteiger partial charge in [-0.2, -0.15) is 0 Å². The number of hydrogen-bond acceptors (Lipinski definition) is 3. The molecule has 0 aliphatic heterocycles. The molecule has 98 valence electrons. The Kier molecular flexibility index (Phi) is 4.66. The second-order valence-electron chi connectivity index (χ2n) is 4.72. The van der Waals surface area contributed by atoms with Crippen LogP contribution >= 0.6 is 11.8 Å². The van der Waals surface area contributed by atoms with Crippen molar-refractivity contribution in [2.75, 3.05) is 0 Å². The van der Waals surface area contributed by atoms with Crippen molar-refractivity contribution in [3.8, 4) is 0 Å². The van der Waals surface area contributed by atoms with E-state index in [0.717, 1.165) is 23.9 Å². The van der Waals surface area contributed by atoms with E-state index in [0.29, 0.717) is 0 Å². The third-order valence-corrected chi connectivity index (χ3v) is 4.46. The fraction of sp³-hybridized carbons (Fsp3) is 0.500. The van der Waals surface area contributed by atoms with Gasteiger partial charge in [-0.1, -0.05) is 19.1 Å². The van der Waals surface area contributed by atoms with Crippen molar-refractivity contribution in [2.24, 2.45) is 5.73 Å². The molecule has 3 nitrogen and oxygen atoms in total. The van der Waals surface area contributed by atoms with Gasteiger partial charge in [-0.15, -0.1) is 11.8 Å². The van der Waals surface area contributed by atoms with Crippen molar-refractivity contribution in [3.63, 3.8) is 0 Å². The van der Waals surface area contributed by atoms with Gasteiger partial charge >= 0.3 is 0 Å². The number of carbonyl (C=O) groups excluding carboxylic acids is 1. The summed E-state index contributed by atoms with van der Waals surface area (Å²) in [5.41, 5.74) is 6.63. The average Bonchev–Trinajstić information content (AvgIpc) is 3.18. The summed E-state index contributed by atoms with van der Waals surface area (Å²) in [7, 11) is 0. The fourth-order valence-corrected chi connectivity index (χ4v) is 2.65. The number of nitrogens with two attached hydrogens (primary N) is 1. The predicted octanol–water partition coefficient (Wildman–Crippen LogP) is 2.29. The van der Waals surface area contributed by atoms with Gasteiger partial charge in [-0.25, -0.2) is 0 Å². The van der Waals surface area contributed by atoms with E-state index in [1.165, 1.54) is 18.4 Å². The first kappa shape index (κ1) is 13.4. The van der Waals surface area contributed by atoms with Gasteiger partial charge in [-0.3, -0.25) is 4.79 Å². The maximum Gasteiger partial charge on any atom is 0.230 e. The van der Waals surface area contributed by atoms with Crippen LogP contribution in [0.2, 0.25) is 0 Å². The zero-order chi connectivity index (χ0) is 13.0. The van der Waals surface area contributed by atoms with Crippen LogP contribution in [-0.2, 0) is 11.3 Å². The van der Waals surface area contributed by atoms with E-state index in [4.69, 9.17) is 5.73 Å².